The Morgan fingerprint density at radius 3 is 2.40 bits per heavy atom. The van der Waals surface area contributed by atoms with Gasteiger partial charge in [0.1, 0.15) is 6.17 Å². The van der Waals surface area contributed by atoms with Crippen LogP contribution in [0.15, 0.2) is 67.0 Å². The first-order valence-electron chi connectivity index (χ1n) is 7.23. The molecule has 100 valence electrons. The Hall–Kier alpha value is -2.22. The van der Waals surface area contributed by atoms with Gasteiger partial charge in [-0.05, 0) is 36.1 Å². The first-order chi connectivity index (χ1) is 9.84. The number of fused-ring (bicyclic) bond motifs is 3. The van der Waals surface area contributed by atoms with Crippen LogP contribution in [0.5, 0.6) is 0 Å². The van der Waals surface area contributed by atoms with Gasteiger partial charge >= 0.3 is 0 Å². The predicted molar refractivity (Wildman–Crippen MR) is 83.8 cm³/mol. The lowest BCUT2D eigenvalue weighted by Gasteiger charge is -2.40. The highest BCUT2D eigenvalue weighted by molar-refractivity contribution is 5.66. The van der Waals surface area contributed by atoms with Crippen molar-refractivity contribution in [3.63, 3.8) is 0 Å². The van der Waals surface area contributed by atoms with Gasteiger partial charge in [-0.3, -0.25) is 0 Å². The topological polar surface area (TPSA) is 6.48 Å². The molecule has 2 aromatic rings. The monoisotopic (exact) mass is 262 g/mol. The van der Waals surface area contributed by atoms with Crippen LogP contribution in [-0.4, -0.2) is 6.17 Å². The highest BCUT2D eigenvalue weighted by Gasteiger charge is 2.35. The first kappa shape index (κ1) is 11.6. The molecule has 2 nitrogen and oxygen atoms in total. The standard InChI is InChI=1S/C18H18N2/c1-14-13-18-19(15-7-3-2-4-8-15)11-12-20(18)17-10-6-5-9-16(14)17/h2-12,14,18H,13H2,1H3/t14?,18-/m1/s1. The van der Waals surface area contributed by atoms with Gasteiger partial charge in [0.2, 0.25) is 0 Å². The SMILES string of the molecule is CC1C[C@@H]2N(c3ccccc3)C=CN2c2ccccc21. The van der Waals surface area contributed by atoms with Crippen LogP contribution < -0.4 is 9.80 Å². The van der Waals surface area contributed by atoms with E-state index in [4.69, 9.17) is 0 Å². The minimum absolute atomic E-state index is 0.405. The summed E-state index contributed by atoms with van der Waals surface area (Å²) in [6.07, 6.45) is 5.97. The zero-order valence-electron chi connectivity index (χ0n) is 11.6. The van der Waals surface area contributed by atoms with Gasteiger partial charge < -0.3 is 9.80 Å². The molecule has 0 amide bonds. The first-order valence-corrected chi connectivity index (χ1v) is 7.23. The van der Waals surface area contributed by atoms with Gasteiger partial charge in [0.25, 0.3) is 0 Å². The lowest BCUT2D eigenvalue weighted by Crippen LogP contribution is -2.42. The van der Waals surface area contributed by atoms with Gasteiger partial charge in [0.05, 0.1) is 0 Å². The summed E-state index contributed by atoms with van der Waals surface area (Å²) >= 11 is 0. The van der Waals surface area contributed by atoms with Crippen LogP contribution in [-0.2, 0) is 0 Å². The van der Waals surface area contributed by atoms with Crippen molar-refractivity contribution in [2.45, 2.75) is 25.4 Å². The van der Waals surface area contributed by atoms with Crippen molar-refractivity contribution >= 4 is 11.4 Å². The third kappa shape index (κ3) is 1.64. The van der Waals surface area contributed by atoms with E-state index in [2.05, 4.69) is 83.7 Å². The molecule has 0 saturated heterocycles. The Bertz CT molecular complexity index is 647. The van der Waals surface area contributed by atoms with Crippen LogP contribution in [0, 0.1) is 0 Å². The van der Waals surface area contributed by atoms with E-state index in [0.29, 0.717) is 12.1 Å². The number of rotatable bonds is 1. The van der Waals surface area contributed by atoms with Crippen LogP contribution in [0.2, 0.25) is 0 Å². The van der Waals surface area contributed by atoms with Gasteiger partial charge in [-0.25, -0.2) is 0 Å². The molecule has 0 saturated carbocycles. The molecule has 2 aliphatic rings. The minimum atomic E-state index is 0.405. The lowest BCUT2D eigenvalue weighted by atomic mass is 9.90. The summed E-state index contributed by atoms with van der Waals surface area (Å²) in [6.45, 7) is 2.33. The molecule has 2 aromatic carbocycles. The number of para-hydroxylation sites is 2. The summed E-state index contributed by atoms with van der Waals surface area (Å²) in [4.78, 5) is 4.79. The number of benzene rings is 2. The van der Waals surface area contributed by atoms with E-state index >= 15 is 0 Å². The molecule has 0 spiro atoms. The van der Waals surface area contributed by atoms with Gasteiger partial charge in [-0.15, -0.1) is 0 Å². The maximum atomic E-state index is 2.41. The lowest BCUT2D eigenvalue weighted by molar-refractivity contribution is 0.532. The van der Waals surface area contributed by atoms with Crippen LogP contribution >= 0.6 is 0 Å². The average Bonchev–Trinajstić information content (AvgIpc) is 2.92. The summed E-state index contributed by atoms with van der Waals surface area (Å²) in [5, 5.41) is 0. The molecule has 0 bridgehead atoms. The predicted octanol–water partition coefficient (Wildman–Crippen LogP) is 4.32. The van der Waals surface area contributed by atoms with Crippen molar-refractivity contribution in [3.05, 3.63) is 72.6 Å². The van der Waals surface area contributed by atoms with Gasteiger partial charge in [0, 0.05) is 23.8 Å². The molecular formula is C18H18N2. The second-order valence-electron chi connectivity index (χ2n) is 5.62. The second-order valence-corrected chi connectivity index (χ2v) is 5.62. The van der Waals surface area contributed by atoms with Crippen LogP contribution in [0.25, 0.3) is 0 Å². The summed E-state index contributed by atoms with van der Waals surface area (Å²) in [5.41, 5.74) is 4.08. The quantitative estimate of drug-likeness (QED) is 0.755. The van der Waals surface area contributed by atoms with Crippen molar-refractivity contribution in [1.29, 1.82) is 0 Å². The van der Waals surface area contributed by atoms with E-state index in [0.717, 1.165) is 6.42 Å². The Morgan fingerprint density at radius 1 is 0.850 bits per heavy atom. The Kier molecular flexibility index (Phi) is 2.56. The molecule has 0 radical (unpaired) electrons. The van der Waals surface area contributed by atoms with Crippen LogP contribution in [0.1, 0.15) is 24.8 Å². The van der Waals surface area contributed by atoms with E-state index < -0.39 is 0 Å². The number of nitrogens with zero attached hydrogens (tertiary/aromatic N) is 2. The zero-order valence-corrected chi connectivity index (χ0v) is 11.6. The fraction of sp³-hybridized carbons (Fsp3) is 0.222. The Labute approximate surface area is 119 Å². The smallest absolute Gasteiger partial charge is 0.110 e. The minimum Gasteiger partial charge on any atom is -0.325 e. The van der Waals surface area contributed by atoms with E-state index in [-0.39, 0.29) is 0 Å². The van der Waals surface area contributed by atoms with Gasteiger partial charge in [-0.1, -0.05) is 43.3 Å². The third-order valence-corrected chi connectivity index (χ3v) is 4.39. The van der Waals surface area contributed by atoms with E-state index in [9.17, 15) is 0 Å². The maximum absolute atomic E-state index is 2.41. The zero-order chi connectivity index (χ0) is 13.5. The molecular weight excluding hydrogens is 244 g/mol. The molecule has 1 unspecified atom stereocenters. The van der Waals surface area contributed by atoms with E-state index in [1.54, 1.807) is 0 Å². The second kappa shape index (κ2) is 4.41. The summed E-state index contributed by atoms with van der Waals surface area (Å²) in [5.74, 6) is 0.596. The summed E-state index contributed by atoms with van der Waals surface area (Å²) in [6, 6.07) is 19.4. The maximum Gasteiger partial charge on any atom is 0.110 e. The van der Waals surface area contributed by atoms with Crippen molar-refractivity contribution in [2.75, 3.05) is 9.80 Å². The molecule has 0 N–H and O–H groups in total. The highest BCUT2D eigenvalue weighted by Crippen LogP contribution is 2.42. The molecule has 2 atom stereocenters. The molecule has 4 rings (SSSR count). The average molecular weight is 262 g/mol. The molecule has 0 fully saturated rings. The molecule has 2 aliphatic heterocycles. The fourth-order valence-electron chi connectivity index (χ4n) is 3.39. The Balaban J connectivity index is 1.75. The molecule has 0 aromatic heterocycles. The normalized spacial score (nSPS) is 23.6. The van der Waals surface area contributed by atoms with Crippen molar-refractivity contribution in [1.82, 2.24) is 0 Å². The van der Waals surface area contributed by atoms with Crippen molar-refractivity contribution in [2.24, 2.45) is 0 Å². The Morgan fingerprint density at radius 2 is 1.55 bits per heavy atom. The third-order valence-electron chi connectivity index (χ3n) is 4.39. The molecule has 2 heterocycles. The van der Waals surface area contributed by atoms with Crippen molar-refractivity contribution in [3.8, 4) is 0 Å². The molecule has 0 aliphatic carbocycles. The van der Waals surface area contributed by atoms with E-state index in [1.165, 1.54) is 16.9 Å². The molecule has 20 heavy (non-hydrogen) atoms. The summed E-state index contributed by atoms with van der Waals surface area (Å²) in [7, 11) is 0. The van der Waals surface area contributed by atoms with Gasteiger partial charge in [-0.2, -0.15) is 0 Å². The number of hydrogen-bond acceptors (Lipinski definition) is 2. The summed E-state index contributed by atoms with van der Waals surface area (Å²) < 4.78 is 0. The number of hydrogen-bond donors (Lipinski definition) is 0. The van der Waals surface area contributed by atoms with Crippen LogP contribution in [0.4, 0.5) is 11.4 Å². The molecule has 2 heteroatoms. The highest BCUT2D eigenvalue weighted by atomic mass is 15.4. The number of anilines is 2. The largest absolute Gasteiger partial charge is 0.325 e. The van der Waals surface area contributed by atoms with Crippen molar-refractivity contribution < 1.29 is 0 Å². The van der Waals surface area contributed by atoms with E-state index in [1.807, 2.05) is 0 Å². The van der Waals surface area contributed by atoms with Gasteiger partial charge in [0.15, 0.2) is 0 Å². The fourth-order valence-corrected chi connectivity index (χ4v) is 3.39. The van der Waals surface area contributed by atoms with Crippen LogP contribution in [0.3, 0.4) is 0 Å².